The maximum absolute atomic E-state index is 13.7. The molecular formula is C11H13F2NOS. The average Bonchev–Trinajstić information content (AvgIpc) is 2.34. The Hall–Kier alpha value is -0.650. The minimum Gasteiger partial charge on any atom is -0.371 e. The molecule has 0 aliphatic carbocycles. The first kappa shape index (κ1) is 11.8. The summed E-state index contributed by atoms with van der Waals surface area (Å²) in [6, 6.07) is 3.19. The molecule has 1 saturated heterocycles. The van der Waals surface area contributed by atoms with Gasteiger partial charge in [-0.15, -0.1) is 11.8 Å². The van der Waals surface area contributed by atoms with Crippen LogP contribution in [-0.2, 0) is 4.74 Å². The summed E-state index contributed by atoms with van der Waals surface area (Å²) in [5.41, 5.74) is 0.294. The van der Waals surface area contributed by atoms with Gasteiger partial charge in [-0.3, -0.25) is 0 Å². The molecule has 0 spiro atoms. The number of hydrogen-bond acceptors (Lipinski definition) is 3. The molecule has 0 aromatic heterocycles. The topological polar surface area (TPSA) is 21.3 Å². The predicted molar refractivity (Wildman–Crippen MR) is 59.7 cm³/mol. The quantitative estimate of drug-likeness (QED) is 0.808. The zero-order chi connectivity index (χ0) is 11.5. The van der Waals surface area contributed by atoms with Gasteiger partial charge in [-0.05, 0) is 12.3 Å². The van der Waals surface area contributed by atoms with E-state index in [-0.39, 0.29) is 6.10 Å². The monoisotopic (exact) mass is 245 g/mol. The molecule has 1 aliphatic rings. The van der Waals surface area contributed by atoms with Crippen molar-refractivity contribution in [2.24, 2.45) is 0 Å². The number of thioether (sulfide) groups is 1. The molecule has 1 aromatic rings. The van der Waals surface area contributed by atoms with E-state index >= 15 is 0 Å². The molecule has 0 saturated carbocycles. The van der Waals surface area contributed by atoms with Gasteiger partial charge in [-0.2, -0.15) is 0 Å². The fourth-order valence-corrected chi connectivity index (χ4v) is 2.19. The van der Waals surface area contributed by atoms with Crippen LogP contribution < -0.4 is 5.32 Å². The maximum Gasteiger partial charge on any atom is 0.172 e. The van der Waals surface area contributed by atoms with Gasteiger partial charge in [-0.1, -0.05) is 6.07 Å². The third-order valence-electron chi connectivity index (χ3n) is 2.57. The van der Waals surface area contributed by atoms with E-state index in [0.29, 0.717) is 23.6 Å². The Morgan fingerprint density at radius 1 is 1.38 bits per heavy atom. The molecule has 1 fully saturated rings. The molecule has 1 aliphatic heterocycles. The first-order valence-electron chi connectivity index (χ1n) is 5.08. The molecule has 88 valence electrons. The van der Waals surface area contributed by atoms with Crippen molar-refractivity contribution in [2.75, 3.05) is 26.0 Å². The molecule has 1 N–H and O–H groups in total. The highest BCUT2D eigenvalue weighted by Gasteiger charge is 2.22. The number of halogens is 2. The second kappa shape index (κ2) is 5.12. The second-order valence-corrected chi connectivity index (χ2v) is 4.40. The van der Waals surface area contributed by atoms with Crippen molar-refractivity contribution in [3.05, 3.63) is 29.3 Å². The maximum atomic E-state index is 13.7. The van der Waals surface area contributed by atoms with Gasteiger partial charge in [0.25, 0.3) is 0 Å². The lowest BCUT2D eigenvalue weighted by molar-refractivity contribution is 0.0250. The van der Waals surface area contributed by atoms with Crippen LogP contribution in [-0.4, -0.2) is 26.0 Å². The van der Waals surface area contributed by atoms with Crippen LogP contribution in [0.3, 0.4) is 0 Å². The molecule has 2 nitrogen and oxygen atoms in total. The van der Waals surface area contributed by atoms with Crippen LogP contribution in [0, 0.1) is 11.6 Å². The van der Waals surface area contributed by atoms with Crippen LogP contribution in [0.4, 0.5) is 8.78 Å². The van der Waals surface area contributed by atoms with Gasteiger partial charge < -0.3 is 10.1 Å². The van der Waals surface area contributed by atoms with Gasteiger partial charge >= 0.3 is 0 Å². The van der Waals surface area contributed by atoms with Crippen molar-refractivity contribution in [2.45, 2.75) is 11.0 Å². The number of hydrogen-bond donors (Lipinski definition) is 1. The fourth-order valence-electron chi connectivity index (χ4n) is 1.72. The average molecular weight is 245 g/mol. The summed E-state index contributed by atoms with van der Waals surface area (Å²) in [4.78, 5) is 0.324. The van der Waals surface area contributed by atoms with Crippen LogP contribution in [0.2, 0.25) is 0 Å². The van der Waals surface area contributed by atoms with E-state index in [1.54, 1.807) is 18.4 Å². The zero-order valence-electron chi connectivity index (χ0n) is 8.93. The smallest absolute Gasteiger partial charge is 0.172 e. The van der Waals surface area contributed by atoms with Crippen LogP contribution in [0.25, 0.3) is 0 Å². The Morgan fingerprint density at radius 2 is 2.19 bits per heavy atom. The molecule has 0 amide bonds. The Balaban J connectivity index is 2.30. The zero-order valence-corrected chi connectivity index (χ0v) is 9.74. The third-order valence-corrected chi connectivity index (χ3v) is 3.33. The van der Waals surface area contributed by atoms with Gasteiger partial charge in [0.15, 0.2) is 11.6 Å². The van der Waals surface area contributed by atoms with Gasteiger partial charge in [0.2, 0.25) is 0 Å². The van der Waals surface area contributed by atoms with E-state index in [4.69, 9.17) is 4.74 Å². The van der Waals surface area contributed by atoms with Crippen LogP contribution in [0.1, 0.15) is 11.7 Å². The Kier molecular flexibility index (Phi) is 3.78. The molecule has 1 heterocycles. The minimum absolute atomic E-state index is 0.294. The predicted octanol–water partition coefficient (Wildman–Crippen LogP) is 2.35. The largest absolute Gasteiger partial charge is 0.371 e. The van der Waals surface area contributed by atoms with Crippen molar-refractivity contribution in [1.82, 2.24) is 5.32 Å². The summed E-state index contributed by atoms with van der Waals surface area (Å²) >= 11 is 1.19. The molecule has 0 radical (unpaired) electrons. The molecule has 0 bridgehead atoms. The van der Waals surface area contributed by atoms with Crippen molar-refractivity contribution in [3.63, 3.8) is 0 Å². The Labute approximate surface area is 97.4 Å². The summed E-state index contributed by atoms with van der Waals surface area (Å²) in [5, 5.41) is 3.09. The number of ether oxygens (including phenoxy) is 1. The summed E-state index contributed by atoms with van der Waals surface area (Å²) in [6.07, 6.45) is 1.33. The lowest BCUT2D eigenvalue weighted by Gasteiger charge is -2.24. The van der Waals surface area contributed by atoms with Crippen LogP contribution >= 0.6 is 11.8 Å². The standard InChI is InChI=1S/C11H13F2NOS/c1-16-9-3-2-7(10(12)11(9)13)8-6-14-4-5-15-8/h2-3,8,14H,4-6H2,1H3. The lowest BCUT2D eigenvalue weighted by Crippen LogP contribution is -2.33. The van der Waals surface area contributed by atoms with E-state index in [1.165, 1.54) is 11.8 Å². The summed E-state index contributed by atoms with van der Waals surface area (Å²) in [5.74, 6) is -1.57. The highest BCUT2D eigenvalue weighted by molar-refractivity contribution is 7.98. The second-order valence-electron chi connectivity index (χ2n) is 3.55. The van der Waals surface area contributed by atoms with Gasteiger partial charge in [0.1, 0.15) is 0 Å². The highest BCUT2D eigenvalue weighted by Crippen LogP contribution is 2.28. The van der Waals surface area contributed by atoms with Gasteiger partial charge in [-0.25, -0.2) is 8.78 Å². The number of rotatable bonds is 2. The van der Waals surface area contributed by atoms with Crippen LogP contribution in [0.15, 0.2) is 17.0 Å². The first-order valence-corrected chi connectivity index (χ1v) is 6.30. The van der Waals surface area contributed by atoms with Crippen LogP contribution in [0.5, 0.6) is 0 Å². The molecule has 2 rings (SSSR count). The Bertz CT molecular complexity index is 380. The normalized spacial score (nSPS) is 21.1. The molecule has 1 aromatic carbocycles. The van der Waals surface area contributed by atoms with Gasteiger partial charge in [0, 0.05) is 23.5 Å². The lowest BCUT2D eigenvalue weighted by atomic mass is 10.1. The Morgan fingerprint density at radius 3 is 2.81 bits per heavy atom. The first-order chi connectivity index (χ1) is 7.74. The molecule has 1 unspecified atom stereocenters. The van der Waals surface area contributed by atoms with E-state index in [0.717, 1.165) is 6.54 Å². The molecule has 1 atom stereocenters. The van der Waals surface area contributed by atoms with E-state index in [1.807, 2.05) is 0 Å². The van der Waals surface area contributed by atoms with E-state index in [9.17, 15) is 8.78 Å². The van der Waals surface area contributed by atoms with Crippen molar-refractivity contribution in [1.29, 1.82) is 0 Å². The summed E-state index contributed by atoms with van der Waals surface area (Å²) < 4.78 is 32.7. The number of nitrogens with one attached hydrogen (secondary N) is 1. The van der Waals surface area contributed by atoms with Crippen molar-refractivity contribution in [3.8, 4) is 0 Å². The highest BCUT2D eigenvalue weighted by atomic mass is 32.2. The summed E-state index contributed by atoms with van der Waals surface area (Å²) in [7, 11) is 0. The van der Waals surface area contributed by atoms with E-state index < -0.39 is 11.6 Å². The number of morpholine rings is 1. The van der Waals surface area contributed by atoms with E-state index in [2.05, 4.69) is 5.32 Å². The fraction of sp³-hybridized carbons (Fsp3) is 0.455. The minimum atomic E-state index is -0.791. The third kappa shape index (κ3) is 2.21. The van der Waals surface area contributed by atoms with Gasteiger partial charge in [0.05, 0.1) is 12.7 Å². The molecule has 16 heavy (non-hydrogen) atoms. The molecular weight excluding hydrogens is 232 g/mol. The van der Waals surface area contributed by atoms with Crippen molar-refractivity contribution < 1.29 is 13.5 Å². The van der Waals surface area contributed by atoms with Crippen molar-refractivity contribution >= 4 is 11.8 Å². The summed E-state index contributed by atoms with van der Waals surface area (Å²) in [6.45, 7) is 1.80. The SMILES string of the molecule is CSc1ccc(C2CNCCO2)c(F)c1F. The number of benzene rings is 1. The molecule has 5 heteroatoms.